The molecule has 1 aromatic carbocycles. The summed E-state index contributed by atoms with van der Waals surface area (Å²) in [6, 6.07) is 4.78. The lowest BCUT2D eigenvalue weighted by Gasteiger charge is -2.19. The number of hydrogen-bond acceptors (Lipinski definition) is 2. The Labute approximate surface area is 99.0 Å². The Bertz CT molecular complexity index is 520. The zero-order chi connectivity index (χ0) is 12.4. The van der Waals surface area contributed by atoms with E-state index >= 15 is 0 Å². The first-order chi connectivity index (χ1) is 8.08. The highest BCUT2D eigenvalue weighted by atomic mass is 19.1. The maximum Gasteiger partial charge on any atom is 0.271 e. The highest BCUT2D eigenvalue weighted by Crippen LogP contribution is 2.15. The van der Waals surface area contributed by atoms with Crippen LogP contribution in [0.3, 0.4) is 0 Å². The summed E-state index contributed by atoms with van der Waals surface area (Å²) < 4.78 is 13.3. The molecule has 2 rings (SSSR count). The highest BCUT2D eigenvalue weighted by Gasteiger charge is 2.16. The molecule has 0 aromatic heterocycles. The Balaban J connectivity index is 2.33. The van der Waals surface area contributed by atoms with Gasteiger partial charge in [-0.25, -0.2) is 4.39 Å². The molecule has 0 saturated carbocycles. The molecule has 0 radical (unpaired) electrons. The number of halogens is 1. The van der Waals surface area contributed by atoms with Gasteiger partial charge in [-0.05, 0) is 30.2 Å². The lowest BCUT2D eigenvalue weighted by atomic mass is 10.1. The molecule has 1 fully saturated rings. The fourth-order valence-electron chi connectivity index (χ4n) is 1.61. The lowest BCUT2D eigenvalue weighted by molar-refractivity contribution is -0.117. The smallest absolute Gasteiger partial charge is 0.271 e. The van der Waals surface area contributed by atoms with E-state index in [2.05, 4.69) is 17.2 Å². The summed E-state index contributed by atoms with van der Waals surface area (Å²) >= 11 is 0. The van der Waals surface area contributed by atoms with Gasteiger partial charge in [0.05, 0.1) is 6.54 Å². The summed E-state index contributed by atoms with van der Waals surface area (Å²) in [6.45, 7) is 5.83. The fourth-order valence-corrected chi connectivity index (χ4v) is 1.61. The summed E-state index contributed by atoms with van der Waals surface area (Å²) in [5.74, 6) is -0.523. The molecule has 3 nitrogen and oxygen atoms in total. The second-order valence-corrected chi connectivity index (χ2v) is 3.92. The molecule has 0 atom stereocenters. The van der Waals surface area contributed by atoms with Crippen LogP contribution in [0, 0.1) is 12.7 Å². The van der Waals surface area contributed by atoms with Gasteiger partial charge in [-0.15, -0.1) is 0 Å². The third-order valence-corrected chi connectivity index (χ3v) is 2.64. The quantitative estimate of drug-likeness (QED) is 0.724. The van der Waals surface area contributed by atoms with Crippen molar-refractivity contribution in [2.45, 2.75) is 6.92 Å². The van der Waals surface area contributed by atoms with Gasteiger partial charge in [-0.3, -0.25) is 4.79 Å². The fraction of sp³-hybridized carbons (Fsp3) is 0.154. The summed E-state index contributed by atoms with van der Waals surface area (Å²) in [5.41, 5.74) is 2.27. The van der Waals surface area contributed by atoms with Crippen molar-refractivity contribution >= 4 is 12.0 Å². The normalized spacial score (nSPS) is 17.9. The molecular weight excluding hydrogens is 219 g/mol. The molecule has 1 aromatic rings. The molecular formula is C13H13FN2O. The molecule has 0 spiro atoms. The van der Waals surface area contributed by atoms with E-state index in [0.717, 1.165) is 0 Å². The van der Waals surface area contributed by atoms with Crippen LogP contribution < -0.4 is 10.6 Å². The van der Waals surface area contributed by atoms with Crippen LogP contribution in [0.5, 0.6) is 0 Å². The van der Waals surface area contributed by atoms with Crippen LogP contribution in [0.25, 0.3) is 6.08 Å². The molecule has 1 saturated heterocycles. The largest absolute Gasteiger partial charge is 0.375 e. The number of hydrogen-bond donors (Lipinski definition) is 2. The van der Waals surface area contributed by atoms with Gasteiger partial charge in [-0.2, -0.15) is 0 Å². The first-order valence-electron chi connectivity index (χ1n) is 5.28. The van der Waals surface area contributed by atoms with Crippen LogP contribution in [0.2, 0.25) is 0 Å². The van der Waals surface area contributed by atoms with Crippen molar-refractivity contribution in [2.24, 2.45) is 0 Å². The zero-order valence-corrected chi connectivity index (χ0v) is 9.51. The van der Waals surface area contributed by atoms with Gasteiger partial charge in [0.15, 0.2) is 0 Å². The van der Waals surface area contributed by atoms with E-state index in [4.69, 9.17) is 0 Å². The maximum atomic E-state index is 13.3. The molecule has 1 aliphatic rings. The van der Waals surface area contributed by atoms with Crippen molar-refractivity contribution in [2.75, 3.05) is 6.54 Å². The van der Waals surface area contributed by atoms with Crippen molar-refractivity contribution in [1.82, 2.24) is 10.6 Å². The molecule has 1 aliphatic heterocycles. The predicted molar refractivity (Wildman–Crippen MR) is 64.4 cm³/mol. The van der Waals surface area contributed by atoms with Crippen molar-refractivity contribution in [3.05, 3.63) is 53.1 Å². The number of benzene rings is 1. The van der Waals surface area contributed by atoms with Crippen molar-refractivity contribution in [1.29, 1.82) is 0 Å². The average Bonchev–Trinajstić information content (AvgIpc) is 2.28. The van der Waals surface area contributed by atoms with Gasteiger partial charge >= 0.3 is 0 Å². The number of amides is 1. The highest BCUT2D eigenvalue weighted by molar-refractivity contribution is 5.99. The molecule has 1 amide bonds. The summed E-state index contributed by atoms with van der Waals surface area (Å²) in [7, 11) is 0. The summed E-state index contributed by atoms with van der Waals surface area (Å²) in [4.78, 5) is 11.6. The molecule has 0 unspecified atom stereocenters. The van der Waals surface area contributed by atoms with Crippen molar-refractivity contribution in [3.8, 4) is 0 Å². The number of nitrogens with one attached hydrogen (secondary N) is 2. The minimum Gasteiger partial charge on any atom is -0.375 e. The van der Waals surface area contributed by atoms with E-state index in [9.17, 15) is 9.18 Å². The third-order valence-electron chi connectivity index (χ3n) is 2.64. The molecule has 88 valence electrons. The van der Waals surface area contributed by atoms with E-state index < -0.39 is 0 Å². The van der Waals surface area contributed by atoms with Gasteiger partial charge in [0.1, 0.15) is 11.5 Å². The second-order valence-electron chi connectivity index (χ2n) is 3.92. The molecule has 1 heterocycles. The number of carbonyl (C=O) groups excluding carboxylic acids is 1. The number of piperazine rings is 1. The minimum atomic E-state index is -0.278. The van der Waals surface area contributed by atoms with Crippen LogP contribution in [0.1, 0.15) is 11.1 Å². The lowest BCUT2D eigenvalue weighted by Crippen LogP contribution is -2.40. The summed E-state index contributed by atoms with van der Waals surface area (Å²) in [5, 5.41) is 5.57. The second kappa shape index (κ2) is 4.41. The van der Waals surface area contributed by atoms with E-state index in [1.807, 2.05) is 0 Å². The average molecular weight is 232 g/mol. The van der Waals surface area contributed by atoms with Crippen LogP contribution in [-0.2, 0) is 4.79 Å². The van der Waals surface area contributed by atoms with Gasteiger partial charge in [0, 0.05) is 5.70 Å². The molecule has 17 heavy (non-hydrogen) atoms. The Morgan fingerprint density at radius 2 is 2.24 bits per heavy atom. The van der Waals surface area contributed by atoms with Crippen molar-refractivity contribution < 1.29 is 9.18 Å². The van der Waals surface area contributed by atoms with E-state index in [1.165, 1.54) is 6.07 Å². The topological polar surface area (TPSA) is 41.1 Å². The van der Waals surface area contributed by atoms with Crippen LogP contribution >= 0.6 is 0 Å². The zero-order valence-electron chi connectivity index (χ0n) is 9.51. The first kappa shape index (κ1) is 11.4. The van der Waals surface area contributed by atoms with Gasteiger partial charge in [-0.1, -0.05) is 18.7 Å². The van der Waals surface area contributed by atoms with E-state index in [1.54, 1.807) is 25.1 Å². The van der Waals surface area contributed by atoms with E-state index in [0.29, 0.717) is 29.1 Å². The Morgan fingerprint density at radius 3 is 2.94 bits per heavy atom. The Hall–Kier alpha value is -2.10. The SMILES string of the molecule is C=C1CN/C(=C\c2cccc(F)c2C)C(=O)N1. The molecule has 0 aliphatic carbocycles. The van der Waals surface area contributed by atoms with Crippen LogP contribution in [0.15, 0.2) is 36.2 Å². The minimum absolute atomic E-state index is 0.245. The number of carbonyl (C=O) groups is 1. The van der Waals surface area contributed by atoms with E-state index in [-0.39, 0.29) is 11.7 Å². The third kappa shape index (κ3) is 2.36. The molecule has 0 bridgehead atoms. The monoisotopic (exact) mass is 232 g/mol. The van der Waals surface area contributed by atoms with Crippen LogP contribution in [-0.4, -0.2) is 12.5 Å². The van der Waals surface area contributed by atoms with Crippen LogP contribution in [0.4, 0.5) is 4.39 Å². The molecule has 2 N–H and O–H groups in total. The first-order valence-corrected chi connectivity index (χ1v) is 5.28. The summed E-state index contributed by atoms with van der Waals surface area (Å²) in [6.07, 6.45) is 1.64. The van der Waals surface area contributed by atoms with Gasteiger partial charge in [0.25, 0.3) is 5.91 Å². The van der Waals surface area contributed by atoms with Gasteiger partial charge in [0.2, 0.25) is 0 Å². The Kier molecular flexibility index (Phi) is 2.95. The van der Waals surface area contributed by atoms with Crippen molar-refractivity contribution in [3.63, 3.8) is 0 Å². The standard InChI is InChI=1S/C13H13FN2O/c1-8-7-15-12(13(17)16-8)6-10-4-3-5-11(14)9(10)2/h3-6,15H,1,7H2,2H3,(H,16,17)/b12-6-. The predicted octanol–water partition coefficient (Wildman–Crippen LogP) is 1.71. The Morgan fingerprint density at radius 1 is 1.47 bits per heavy atom. The van der Waals surface area contributed by atoms with Gasteiger partial charge < -0.3 is 10.6 Å². The maximum absolute atomic E-state index is 13.3. The molecule has 4 heteroatoms. The number of rotatable bonds is 1.